The van der Waals surface area contributed by atoms with Gasteiger partial charge < -0.3 is 19.8 Å². The molecule has 1 spiro atoms. The molecule has 8 heteroatoms. The van der Waals surface area contributed by atoms with Gasteiger partial charge in [0.25, 0.3) is 5.91 Å². The van der Waals surface area contributed by atoms with E-state index >= 15 is 0 Å². The molecule has 2 fully saturated rings. The van der Waals surface area contributed by atoms with Crippen LogP contribution in [0.15, 0.2) is 35.6 Å². The Bertz CT molecular complexity index is 886. The smallest absolute Gasteiger partial charge is 0.255 e. The van der Waals surface area contributed by atoms with Gasteiger partial charge in [0.05, 0.1) is 11.9 Å². The van der Waals surface area contributed by atoms with Crippen LogP contribution in [-0.2, 0) is 11.2 Å². The first-order valence-corrected chi connectivity index (χ1v) is 9.78. The van der Waals surface area contributed by atoms with Crippen LogP contribution in [0.2, 0.25) is 0 Å². The van der Waals surface area contributed by atoms with Crippen LogP contribution >= 0.6 is 0 Å². The Labute approximate surface area is 163 Å². The number of aromatic amines is 2. The van der Waals surface area contributed by atoms with E-state index in [4.69, 9.17) is 0 Å². The van der Waals surface area contributed by atoms with Gasteiger partial charge in [-0.05, 0) is 25.3 Å². The van der Waals surface area contributed by atoms with Crippen molar-refractivity contribution in [2.24, 2.45) is 5.41 Å². The number of nitrogens with zero attached hydrogens (tertiary/aromatic N) is 3. The summed E-state index contributed by atoms with van der Waals surface area (Å²) in [5, 5.41) is 0. The highest BCUT2D eigenvalue weighted by molar-refractivity contribution is 5.94. The van der Waals surface area contributed by atoms with E-state index in [0.29, 0.717) is 38.2 Å². The molecule has 148 valence electrons. The molecule has 0 saturated carbocycles. The second kappa shape index (κ2) is 7.61. The SMILES string of the molecule is O=C1CCC2(CCCN(C(=O)c3ccc(=O)[nH]c3)C2)CN1CCc1cnc[nH]1. The number of aromatic nitrogens is 3. The number of pyridine rings is 1. The topological polar surface area (TPSA) is 102 Å². The Hall–Kier alpha value is -2.90. The summed E-state index contributed by atoms with van der Waals surface area (Å²) in [5.41, 5.74) is 1.26. The zero-order valence-corrected chi connectivity index (χ0v) is 15.8. The van der Waals surface area contributed by atoms with Gasteiger partial charge in [0.1, 0.15) is 0 Å². The lowest BCUT2D eigenvalue weighted by Gasteiger charge is -2.48. The molecule has 2 N–H and O–H groups in total. The number of amides is 2. The summed E-state index contributed by atoms with van der Waals surface area (Å²) in [6, 6.07) is 2.95. The van der Waals surface area contributed by atoms with Crippen LogP contribution in [0.25, 0.3) is 0 Å². The van der Waals surface area contributed by atoms with Crippen LogP contribution in [0, 0.1) is 5.41 Å². The number of hydrogen-bond acceptors (Lipinski definition) is 4. The van der Waals surface area contributed by atoms with E-state index in [1.54, 1.807) is 18.6 Å². The highest BCUT2D eigenvalue weighted by atomic mass is 16.2. The van der Waals surface area contributed by atoms with Crippen molar-refractivity contribution >= 4 is 11.8 Å². The van der Waals surface area contributed by atoms with Gasteiger partial charge in [-0.3, -0.25) is 14.4 Å². The third kappa shape index (κ3) is 3.85. The highest BCUT2D eigenvalue weighted by Gasteiger charge is 2.42. The van der Waals surface area contributed by atoms with E-state index in [0.717, 1.165) is 31.4 Å². The van der Waals surface area contributed by atoms with Crippen LogP contribution in [0.5, 0.6) is 0 Å². The zero-order chi connectivity index (χ0) is 19.6. The predicted molar refractivity (Wildman–Crippen MR) is 103 cm³/mol. The van der Waals surface area contributed by atoms with E-state index in [9.17, 15) is 14.4 Å². The fourth-order valence-corrected chi connectivity index (χ4v) is 4.42. The first kappa shape index (κ1) is 18.5. The Morgan fingerprint density at radius 2 is 2.07 bits per heavy atom. The van der Waals surface area contributed by atoms with Crippen molar-refractivity contribution in [3.8, 4) is 0 Å². The average Bonchev–Trinajstić information content (AvgIpc) is 3.23. The molecule has 4 rings (SSSR count). The second-order valence-corrected chi connectivity index (χ2v) is 7.91. The fraction of sp³-hybridized carbons (Fsp3) is 0.500. The molecule has 2 amide bonds. The molecule has 1 atom stereocenters. The molecule has 8 nitrogen and oxygen atoms in total. The van der Waals surface area contributed by atoms with Crippen LogP contribution < -0.4 is 5.56 Å². The number of imidazole rings is 1. The Morgan fingerprint density at radius 1 is 1.18 bits per heavy atom. The van der Waals surface area contributed by atoms with Crippen molar-refractivity contribution in [1.82, 2.24) is 24.8 Å². The molecule has 0 radical (unpaired) electrons. The quantitative estimate of drug-likeness (QED) is 0.828. The van der Waals surface area contributed by atoms with Gasteiger partial charge in [0.15, 0.2) is 0 Å². The molecule has 2 aromatic heterocycles. The molecule has 28 heavy (non-hydrogen) atoms. The number of nitrogens with one attached hydrogen (secondary N) is 2. The Morgan fingerprint density at radius 3 is 2.82 bits per heavy atom. The van der Waals surface area contributed by atoms with Crippen LogP contribution in [0.1, 0.15) is 41.7 Å². The number of carbonyl (C=O) groups excluding carboxylic acids is 2. The maximum Gasteiger partial charge on any atom is 0.255 e. The van der Waals surface area contributed by atoms with Crippen molar-refractivity contribution in [1.29, 1.82) is 0 Å². The number of hydrogen-bond donors (Lipinski definition) is 2. The van der Waals surface area contributed by atoms with E-state index in [2.05, 4.69) is 15.0 Å². The van der Waals surface area contributed by atoms with Gasteiger partial charge in [0.2, 0.25) is 11.5 Å². The van der Waals surface area contributed by atoms with Gasteiger partial charge in [0, 0.05) is 68.6 Å². The third-order valence-corrected chi connectivity index (χ3v) is 5.93. The summed E-state index contributed by atoms with van der Waals surface area (Å²) in [4.78, 5) is 50.1. The lowest BCUT2D eigenvalue weighted by atomic mass is 9.73. The van der Waals surface area contributed by atoms with Gasteiger partial charge in [-0.25, -0.2) is 4.98 Å². The number of H-pyrrole nitrogens is 2. The molecule has 0 bridgehead atoms. The molecule has 0 aromatic carbocycles. The minimum atomic E-state index is -0.217. The average molecular weight is 383 g/mol. The summed E-state index contributed by atoms with van der Waals surface area (Å²) >= 11 is 0. The largest absolute Gasteiger partial charge is 0.348 e. The normalized spacial score (nSPS) is 22.6. The summed E-state index contributed by atoms with van der Waals surface area (Å²) in [5.74, 6) is 0.130. The predicted octanol–water partition coefficient (Wildman–Crippen LogP) is 1.19. The first-order chi connectivity index (χ1) is 13.5. The van der Waals surface area contributed by atoms with Crippen molar-refractivity contribution in [2.45, 2.75) is 32.1 Å². The summed E-state index contributed by atoms with van der Waals surface area (Å²) in [6.07, 6.45) is 8.97. The van der Waals surface area contributed by atoms with E-state index < -0.39 is 0 Å². The van der Waals surface area contributed by atoms with Crippen molar-refractivity contribution < 1.29 is 9.59 Å². The van der Waals surface area contributed by atoms with Crippen LogP contribution in [0.4, 0.5) is 0 Å². The first-order valence-electron chi connectivity index (χ1n) is 9.78. The highest BCUT2D eigenvalue weighted by Crippen LogP contribution is 2.39. The Kier molecular flexibility index (Phi) is 5.02. The van der Waals surface area contributed by atoms with Gasteiger partial charge in [-0.15, -0.1) is 0 Å². The maximum absolute atomic E-state index is 12.9. The monoisotopic (exact) mass is 383 g/mol. The van der Waals surface area contributed by atoms with Crippen molar-refractivity contribution in [3.05, 3.63) is 52.5 Å². The van der Waals surface area contributed by atoms with Gasteiger partial charge in [-0.2, -0.15) is 0 Å². The molecule has 4 heterocycles. The molecular weight excluding hydrogens is 358 g/mol. The standard InChI is InChI=1S/C20H25N5O3/c26-17-3-2-15(10-22-17)19(28)25-8-1-6-20(13-25)7-4-18(27)24(12-20)9-5-16-11-21-14-23-16/h2-3,10-11,14H,1,4-9,12-13H2,(H,21,23)(H,22,26). The number of carbonyl (C=O) groups is 2. The van der Waals surface area contributed by atoms with E-state index in [1.807, 2.05) is 9.80 Å². The molecule has 2 aliphatic rings. The Balaban J connectivity index is 1.44. The van der Waals surface area contributed by atoms with E-state index in [1.165, 1.54) is 12.3 Å². The molecule has 1 unspecified atom stereocenters. The molecule has 2 aliphatic heterocycles. The van der Waals surface area contributed by atoms with Gasteiger partial charge >= 0.3 is 0 Å². The lowest BCUT2D eigenvalue weighted by molar-refractivity contribution is -0.138. The summed E-state index contributed by atoms with van der Waals surface area (Å²) in [7, 11) is 0. The van der Waals surface area contributed by atoms with Crippen LogP contribution in [-0.4, -0.2) is 62.7 Å². The fourth-order valence-electron chi connectivity index (χ4n) is 4.42. The lowest BCUT2D eigenvalue weighted by Crippen LogP contribution is -2.55. The molecule has 2 aromatic rings. The third-order valence-electron chi connectivity index (χ3n) is 5.93. The number of piperidine rings is 2. The number of likely N-dealkylation sites (tertiary alicyclic amines) is 2. The summed E-state index contributed by atoms with van der Waals surface area (Å²) in [6.45, 7) is 2.71. The molecule has 2 saturated heterocycles. The summed E-state index contributed by atoms with van der Waals surface area (Å²) < 4.78 is 0. The molecule has 0 aliphatic carbocycles. The second-order valence-electron chi connectivity index (χ2n) is 7.91. The van der Waals surface area contributed by atoms with Crippen molar-refractivity contribution in [3.63, 3.8) is 0 Å². The van der Waals surface area contributed by atoms with Crippen molar-refractivity contribution in [2.75, 3.05) is 26.2 Å². The molecular formula is C20H25N5O3. The minimum Gasteiger partial charge on any atom is -0.348 e. The van der Waals surface area contributed by atoms with E-state index in [-0.39, 0.29) is 22.8 Å². The minimum absolute atomic E-state index is 0.0437. The van der Waals surface area contributed by atoms with Gasteiger partial charge in [-0.1, -0.05) is 0 Å². The zero-order valence-electron chi connectivity index (χ0n) is 15.8. The maximum atomic E-state index is 12.9. The number of rotatable bonds is 4. The van der Waals surface area contributed by atoms with Crippen LogP contribution in [0.3, 0.4) is 0 Å².